The molecule has 0 saturated carbocycles. The van der Waals surface area contributed by atoms with Crippen LogP contribution in [0, 0.1) is 13.8 Å². The lowest BCUT2D eigenvalue weighted by Gasteiger charge is -2.09. The lowest BCUT2D eigenvalue weighted by molar-refractivity contribution is 0.392. The molecule has 0 amide bonds. The fraction of sp³-hybridized carbons (Fsp3) is 0.211. The van der Waals surface area contributed by atoms with Crippen molar-refractivity contribution in [2.45, 2.75) is 31.3 Å². The van der Waals surface area contributed by atoms with Gasteiger partial charge in [0.2, 0.25) is 0 Å². The molecule has 1 aromatic carbocycles. The Kier molecular flexibility index (Phi) is 5.05. The second-order valence-electron chi connectivity index (χ2n) is 6.07. The minimum Gasteiger partial charge on any atom is -0.467 e. The van der Waals surface area contributed by atoms with E-state index in [-0.39, 0.29) is 0 Å². The highest BCUT2D eigenvalue weighted by molar-refractivity contribution is 7.98. The highest BCUT2D eigenvalue weighted by Gasteiger charge is 2.18. The molecular formula is C19H17ClN4O2S. The molecule has 0 N–H and O–H groups in total. The van der Waals surface area contributed by atoms with E-state index in [1.54, 1.807) is 18.0 Å². The average molecular weight is 401 g/mol. The summed E-state index contributed by atoms with van der Waals surface area (Å²) in [7, 11) is 0. The Hall–Kier alpha value is -2.51. The largest absolute Gasteiger partial charge is 0.467 e. The summed E-state index contributed by atoms with van der Waals surface area (Å²) < 4.78 is 12.8. The van der Waals surface area contributed by atoms with Crippen molar-refractivity contribution in [1.82, 2.24) is 19.9 Å². The van der Waals surface area contributed by atoms with Crippen LogP contribution in [0.2, 0.25) is 5.02 Å². The number of rotatable bonds is 6. The van der Waals surface area contributed by atoms with E-state index in [0.29, 0.717) is 17.3 Å². The lowest BCUT2D eigenvalue weighted by atomic mass is 10.2. The van der Waals surface area contributed by atoms with Crippen molar-refractivity contribution >= 4 is 23.4 Å². The molecule has 0 spiro atoms. The van der Waals surface area contributed by atoms with E-state index in [2.05, 4.69) is 15.4 Å². The van der Waals surface area contributed by atoms with Gasteiger partial charge in [0.1, 0.15) is 11.5 Å². The highest BCUT2D eigenvalue weighted by Crippen LogP contribution is 2.29. The minimum atomic E-state index is 0.544. The number of furan rings is 1. The average Bonchev–Trinajstić information content (AvgIpc) is 3.38. The SMILES string of the molecule is Cc1noc(C)c1CSc1nnc(-c2ccc(Cl)cc2)n1Cc1ccco1. The Morgan fingerprint density at radius 2 is 1.93 bits per heavy atom. The number of halogens is 1. The first-order valence-electron chi connectivity index (χ1n) is 8.38. The molecule has 6 nitrogen and oxygen atoms in total. The van der Waals surface area contributed by atoms with Crippen LogP contribution in [0.5, 0.6) is 0 Å². The summed E-state index contributed by atoms with van der Waals surface area (Å²) in [5.41, 5.74) is 2.93. The van der Waals surface area contributed by atoms with Crippen molar-refractivity contribution in [1.29, 1.82) is 0 Å². The summed E-state index contributed by atoms with van der Waals surface area (Å²) in [4.78, 5) is 0. The van der Waals surface area contributed by atoms with Gasteiger partial charge >= 0.3 is 0 Å². The number of benzene rings is 1. The topological polar surface area (TPSA) is 69.9 Å². The highest BCUT2D eigenvalue weighted by atomic mass is 35.5. The molecule has 0 aliphatic rings. The third-order valence-electron chi connectivity index (χ3n) is 4.24. The van der Waals surface area contributed by atoms with Crippen LogP contribution in [0.3, 0.4) is 0 Å². The van der Waals surface area contributed by atoms with E-state index in [9.17, 15) is 0 Å². The van der Waals surface area contributed by atoms with Crippen molar-refractivity contribution in [3.05, 3.63) is 70.5 Å². The third-order valence-corrected chi connectivity index (χ3v) is 5.49. The van der Waals surface area contributed by atoms with Gasteiger partial charge in [-0.15, -0.1) is 10.2 Å². The van der Waals surface area contributed by atoms with Gasteiger partial charge in [-0.25, -0.2) is 0 Å². The summed E-state index contributed by atoms with van der Waals surface area (Å²) in [6.45, 7) is 4.41. The summed E-state index contributed by atoms with van der Waals surface area (Å²) in [5.74, 6) is 3.14. The number of thioether (sulfide) groups is 1. The van der Waals surface area contributed by atoms with Gasteiger partial charge in [-0.1, -0.05) is 28.5 Å². The molecule has 0 bridgehead atoms. The molecule has 0 atom stereocenters. The standard InChI is InChI=1S/C19H17ClN4O2S/c1-12-17(13(2)26-23-12)11-27-19-22-21-18(14-5-7-15(20)8-6-14)24(19)10-16-4-3-9-25-16/h3-9H,10-11H2,1-2H3. The van der Waals surface area contributed by atoms with Crippen molar-refractivity contribution in [2.24, 2.45) is 0 Å². The molecule has 0 radical (unpaired) electrons. The van der Waals surface area contributed by atoms with E-state index in [4.69, 9.17) is 20.5 Å². The van der Waals surface area contributed by atoms with Gasteiger partial charge in [0, 0.05) is 21.9 Å². The Balaban J connectivity index is 1.67. The Labute approximate surface area is 165 Å². The molecule has 0 aliphatic heterocycles. The van der Waals surface area contributed by atoms with Crippen LogP contribution < -0.4 is 0 Å². The smallest absolute Gasteiger partial charge is 0.192 e. The van der Waals surface area contributed by atoms with Crippen LogP contribution >= 0.6 is 23.4 Å². The van der Waals surface area contributed by atoms with E-state index >= 15 is 0 Å². The zero-order valence-electron chi connectivity index (χ0n) is 14.8. The van der Waals surface area contributed by atoms with Gasteiger partial charge in [0.15, 0.2) is 11.0 Å². The summed E-state index contributed by atoms with van der Waals surface area (Å²) in [6.07, 6.45) is 1.67. The second-order valence-corrected chi connectivity index (χ2v) is 7.45. The molecule has 4 aromatic rings. The molecular weight excluding hydrogens is 384 g/mol. The first-order chi connectivity index (χ1) is 13.1. The maximum absolute atomic E-state index is 6.02. The quantitative estimate of drug-likeness (QED) is 0.417. The Morgan fingerprint density at radius 1 is 1.11 bits per heavy atom. The summed E-state index contributed by atoms with van der Waals surface area (Å²) in [5, 5.41) is 14.3. The van der Waals surface area contributed by atoms with Gasteiger partial charge < -0.3 is 8.94 Å². The molecule has 4 rings (SSSR count). The van der Waals surface area contributed by atoms with Gasteiger partial charge in [-0.05, 0) is 50.2 Å². The van der Waals surface area contributed by atoms with Gasteiger partial charge in [-0.2, -0.15) is 0 Å². The van der Waals surface area contributed by atoms with E-state index in [1.165, 1.54) is 0 Å². The van der Waals surface area contributed by atoms with Crippen LogP contribution in [0.1, 0.15) is 22.8 Å². The fourth-order valence-electron chi connectivity index (χ4n) is 2.75. The molecule has 27 heavy (non-hydrogen) atoms. The van der Waals surface area contributed by atoms with Crippen molar-refractivity contribution in [3.8, 4) is 11.4 Å². The molecule has 0 unspecified atom stereocenters. The molecule has 3 aromatic heterocycles. The van der Waals surface area contributed by atoms with Crippen molar-refractivity contribution in [3.63, 3.8) is 0 Å². The van der Waals surface area contributed by atoms with Gasteiger partial charge in [0.05, 0.1) is 18.5 Å². The normalized spacial score (nSPS) is 11.2. The monoisotopic (exact) mass is 400 g/mol. The first-order valence-corrected chi connectivity index (χ1v) is 9.74. The van der Waals surface area contributed by atoms with Gasteiger partial charge in [0.25, 0.3) is 0 Å². The number of hydrogen-bond acceptors (Lipinski definition) is 6. The van der Waals surface area contributed by atoms with E-state index in [0.717, 1.165) is 39.3 Å². The van der Waals surface area contributed by atoms with Crippen molar-refractivity contribution < 1.29 is 8.94 Å². The molecule has 3 heterocycles. The summed E-state index contributed by atoms with van der Waals surface area (Å²) in [6, 6.07) is 11.4. The Bertz CT molecular complexity index is 1020. The fourth-order valence-corrected chi connectivity index (χ4v) is 3.97. The number of aryl methyl sites for hydroxylation is 2. The maximum atomic E-state index is 6.02. The number of nitrogens with zero attached hydrogens (tertiary/aromatic N) is 4. The summed E-state index contributed by atoms with van der Waals surface area (Å²) >= 11 is 7.61. The van der Waals surface area contributed by atoms with E-state index < -0.39 is 0 Å². The second kappa shape index (κ2) is 7.62. The van der Waals surface area contributed by atoms with Crippen LogP contribution in [-0.2, 0) is 12.3 Å². The number of hydrogen-bond donors (Lipinski definition) is 0. The predicted molar refractivity (Wildman–Crippen MR) is 104 cm³/mol. The van der Waals surface area contributed by atoms with Crippen LogP contribution in [0.15, 0.2) is 56.8 Å². The molecule has 0 saturated heterocycles. The van der Waals surface area contributed by atoms with E-state index in [1.807, 2.05) is 54.8 Å². The van der Waals surface area contributed by atoms with Crippen LogP contribution in [0.4, 0.5) is 0 Å². The first kappa shape index (κ1) is 17.9. The zero-order chi connectivity index (χ0) is 18.8. The number of aromatic nitrogens is 4. The Morgan fingerprint density at radius 3 is 2.59 bits per heavy atom. The molecule has 138 valence electrons. The van der Waals surface area contributed by atoms with Crippen molar-refractivity contribution in [2.75, 3.05) is 0 Å². The van der Waals surface area contributed by atoms with Crippen LogP contribution in [0.25, 0.3) is 11.4 Å². The maximum Gasteiger partial charge on any atom is 0.192 e. The lowest BCUT2D eigenvalue weighted by Crippen LogP contribution is -2.03. The minimum absolute atomic E-state index is 0.544. The van der Waals surface area contributed by atoms with Gasteiger partial charge in [-0.3, -0.25) is 4.57 Å². The zero-order valence-corrected chi connectivity index (χ0v) is 16.4. The molecule has 0 fully saturated rings. The molecule has 8 heteroatoms. The van der Waals surface area contributed by atoms with Crippen LogP contribution in [-0.4, -0.2) is 19.9 Å². The predicted octanol–water partition coefficient (Wildman–Crippen LogP) is 5.14. The molecule has 0 aliphatic carbocycles. The third kappa shape index (κ3) is 3.79.